The number of ether oxygens (including phenoxy) is 1. The zero-order chi connectivity index (χ0) is 17.1. The van der Waals surface area contributed by atoms with Crippen molar-refractivity contribution in [3.8, 4) is 0 Å². The molecule has 8 heteroatoms. The van der Waals surface area contributed by atoms with Gasteiger partial charge in [-0.2, -0.15) is 0 Å². The predicted molar refractivity (Wildman–Crippen MR) is 91.8 cm³/mol. The van der Waals surface area contributed by atoms with Crippen molar-refractivity contribution in [1.29, 1.82) is 0 Å². The molecule has 0 aromatic carbocycles. The minimum absolute atomic E-state index is 0.245. The molecule has 0 saturated carbocycles. The number of hydrogen-bond donors (Lipinski definition) is 1. The number of carbonyl (C=O) groups excluding carboxylic acids is 2. The molecule has 2 aliphatic rings. The highest BCUT2D eigenvalue weighted by Crippen LogP contribution is 2.33. The van der Waals surface area contributed by atoms with Crippen molar-refractivity contribution in [2.45, 2.75) is 13.0 Å². The summed E-state index contributed by atoms with van der Waals surface area (Å²) in [5.74, 6) is -1.22. The van der Waals surface area contributed by atoms with E-state index < -0.39 is 17.9 Å². The number of guanidine groups is 1. The first-order valence-corrected chi connectivity index (χ1v) is 9.00. The average molecular weight is 350 g/mol. The second-order valence-electron chi connectivity index (χ2n) is 5.92. The van der Waals surface area contributed by atoms with Crippen LogP contribution in [0.25, 0.3) is 0 Å². The van der Waals surface area contributed by atoms with Gasteiger partial charge in [-0.1, -0.05) is 6.07 Å². The Morgan fingerprint density at radius 1 is 1.42 bits per heavy atom. The van der Waals surface area contributed by atoms with Gasteiger partial charge in [0.15, 0.2) is 5.92 Å². The molecule has 1 fully saturated rings. The van der Waals surface area contributed by atoms with Gasteiger partial charge in [0.1, 0.15) is 6.04 Å². The first kappa shape index (κ1) is 16.9. The van der Waals surface area contributed by atoms with Gasteiger partial charge < -0.3 is 14.5 Å². The van der Waals surface area contributed by atoms with E-state index in [1.165, 1.54) is 11.3 Å². The lowest BCUT2D eigenvalue weighted by molar-refractivity contribution is -0.153. The molecule has 0 aliphatic carbocycles. The number of esters is 1. The molecule has 0 radical (unpaired) electrons. The molecule has 3 heterocycles. The first-order chi connectivity index (χ1) is 11.6. The molecule has 3 rings (SSSR count). The third-order valence-electron chi connectivity index (χ3n) is 4.27. The van der Waals surface area contributed by atoms with Gasteiger partial charge in [0.2, 0.25) is 11.9 Å². The Kier molecular flexibility index (Phi) is 5.15. The normalized spacial score (nSPS) is 25.2. The maximum absolute atomic E-state index is 12.6. The van der Waals surface area contributed by atoms with Gasteiger partial charge >= 0.3 is 5.97 Å². The summed E-state index contributed by atoms with van der Waals surface area (Å²) in [6.45, 7) is 5.42. The highest BCUT2D eigenvalue weighted by atomic mass is 32.1. The number of likely N-dealkylation sites (N-methyl/N-ethyl adjacent to an activating group) is 1. The lowest BCUT2D eigenvalue weighted by Crippen LogP contribution is -2.56. The van der Waals surface area contributed by atoms with Crippen LogP contribution in [0, 0.1) is 5.92 Å². The molecular weight excluding hydrogens is 328 g/mol. The van der Waals surface area contributed by atoms with Crippen molar-refractivity contribution in [2.75, 3.05) is 39.8 Å². The molecule has 2 aliphatic heterocycles. The van der Waals surface area contributed by atoms with E-state index in [-0.39, 0.29) is 12.5 Å². The van der Waals surface area contributed by atoms with Crippen LogP contribution in [0.4, 0.5) is 0 Å². The molecule has 2 atom stereocenters. The average Bonchev–Trinajstić information content (AvgIpc) is 3.09. The topological polar surface area (TPSA) is 74.2 Å². The summed E-state index contributed by atoms with van der Waals surface area (Å²) in [5, 5.41) is 4.73. The Bertz CT molecular complexity index is 623. The van der Waals surface area contributed by atoms with E-state index in [0.29, 0.717) is 5.96 Å². The van der Waals surface area contributed by atoms with Crippen molar-refractivity contribution in [3.63, 3.8) is 0 Å². The van der Waals surface area contributed by atoms with E-state index >= 15 is 0 Å². The molecule has 0 unspecified atom stereocenters. The highest BCUT2D eigenvalue weighted by molar-refractivity contribution is 7.10. The van der Waals surface area contributed by atoms with Crippen LogP contribution in [0.15, 0.2) is 22.5 Å². The summed E-state index contributed by atoms with van der Waals surface area (Å²) >= 11 is 1.50. The highest BCUT2D eigenvalue weighted by Gasteiger charge is 2.42. The summed E-state index contributed by atoms with van der Waals surface area (Å²) < 4.78 is 5.09. The van der Waals surface area contributed by atoms with E-state index in [0.717, 1.165) is 31.1 Å². The molecular formula is C16H22N4O3S. The fraction of sp³-hybridized carbons (Fsp3) is 0.562. The number of aliphatic imine (C=N–C) groups is 1. The van der Waals surface area contributed by atoms with E-state index in [2.05, 4.69) is 22.2 Å². The summed E-state index contributed by atoms with van der Waals surface area (Å²) in [6, 6.07) is 3.29. The molecule has 1 saturated heterocycles. The van der Waals surface area contributed by atoms with Gasteiger partial charge in [-0.15, -0.1) is 11.3 Å². The van der Waals surface area contributed by atoms with Crippen molar-refractivity contribution in [3.05, 3.63) is 22.4 Å². The summed E-state index contributed by atoms with van der Waals surface area (Å²) in [7, 11) is 2.07. The summed E-state index contributed by atoms with van der Waals surface area (Å²) in [4.78, 5) is 34.8. The van der Waals surface area contributed by atoms with Crippen LogP contribution in [-0.4, -0.2) is 67.5 Å². The van der Waals surface area contributed by atoms with Crippen molar-refractivity contribution in [1.82, 2.24) is 15.1 Å². The number of nitrogens with zero attached hydrogens (tertiary/aromatic N) is 3. The number of thiophene rings is 1. The first-order valence-electron chi connectivity index (χ1n) is 8.12. The lowest BCUT2D eigenvalue weighted by Gasteiger charge is -2.37. The van der Waals surface area contributed by atoms with Crippen LogP contribution < -0.4 is 5.32 Å². The van der Waals surface area contributed by atoms with Gasteiger partial charge in [-0.05, 0) is 25.4 Å². The van der Waals surface area contributed by atoms with Gasteiger partial charge in [-0.3, -0.25) is 14.9 Å². The molecule has 1 amide bonds. The zero-order valence-corrected chi connectivity index (χ0v) is 14.7. The second-order valence-corrected chi connectivity index (χ2v) is 6.90. The van der Waals surface area contributed by atoms with Crippen LogP contribution in [0.3, 0.4) is 0 Å². The SMILES string of the molecule is CCOC(=O)[C@H]1C(=O)NC(N2CCN(C)CC2)=N[C@@H]1c1cccs1. The maximum atomic E-state index is 12.6. The fourth-order valence-corrected chi connectivity index (χ4v) is 3.70. The molecule has 7 nitrogen and oxygen atoms in total. The van der Waals surface area contributed by atoms with E-state index in [9.17, 15) is 9.59 Å². The Hall–Kier alpha value is -1.93. The van der Waals surface area contributed by atoms with Crippen LogP contribution in [0.5, 0.6) is 0 Å². The van der Waals surface area contributed by atoms with Gasteiger partial charge in [0.05, 0.1) is 6.61 Å². The van der Waals surface area contributed by atoms with E-state index in [1.54, 1.807) is 6.92 Å². The zero-order valence-electron chi connectivity index (χ0n) is 13.9. The van der Waals surface area contributed by atoms with E-state index in [4.69, 9.17) is 9.73 Å². The summed E-state index contributed by atoms with van der Waals surface area (Å²) in [5.41, 5.74) is 0. The van der Waals surface area contributed by atoms with Crippen LogP contribution in [0.2, 0.25) is 0 Å². The van der Waals surface area contributed by atoms with Gasteiger partial charge in [0, 0.05) is 31.1 Å². The second kappa shape index (κ2) is 7.31. The Labute approximate surface area is 145 Å². The van der Waals surface area contributed by atoms with Crippen molar-refractivity contribution < 1.29 is 14.3 Å². The third-order valence-corrected chi connectivity index (χ3v) is 5.22. The molecule has 130 valence electrons. The third kappa shape index (κ3) is 3.44. The smallest absolute Gasteiger partial charge is 0.321 e. The van der Waals surface area contributed by atoms with Crippen LogP contribution >= 0.6 is 11.3 Å². The summed E-state index contributed by atoms with van der Waals surface area (Å²) in [6.07, 6.45) is 0. The van der Waals surface area contributed by atoms with Crippen LogP contribution in [0.1, 0.15) is 17.8 Å². The Balaban J connectivity index is 1.88. The number of piperazine rings is 1. The lowest BCUT2D eigenvalue weighted by atomic mass is 9.96. The standard InChI is InChI=1S/C16H22N4O3S/c1-3-23-15(22)12-13(11-5-4-10-24-11)17-16(18-14(12)21)20-8-6-19(2)7-9-20/h4-5,10,12-13H,3,6-9H2,1-2H3,(H,17,18,21)/t12-,13-/m1/s1. The maximum Gasteiger partial charge on any atom is 0.321 e. The minimum Gasteiger partial charge on any atom is -0.465 e. The number of rotatable bonds is 3. The van der Waals surface area contributed by atoms with Gasteiger partial charge in [0.25, 0.3) is 0 Å². The molecule has 24 heavy (non-hydrogen) atoms. The molecule has 1 aromatic rings. The number of carbonyl (C=O) groups is 2. The minimum atomic E-state index is -0.931. The van der Waals surface area contributed by atoms with Crippen molar-refractivity contribution in [2.24, 2.45) is 10.9 Å². The quantitative estimate of drug-likeness (QED) is 0.642. The monoisotopic (exact) mass is 350 g/mol. The number of amides is 1. The van der Waals surface area contributed by atoms with Crippen LogP contribution in [-0.2, 0) is 14.3 Å². The molecule has 1 N–H and O–H groups in total. The molecule has 0 spiro atoms. The van der Waals surface area contributed by atoms with Gasteiger partial charge in [-0.25, -0.2) is 4.99 Å². The Morgan fingerprint density at radius 2 is 2.17 bits per heavy atom. The Morgan fingerprint density at radius 3 is 2.79 bits per heavy atom. The predicted octanol–water partition coefficient (Wildman–Crippen LogP) is 0.702. The molecule has 0 bridgehead atoms. The van der Waals surface area contributed by atoms with E-state index in [1.807, 2.05) is 17.5 Å². The largest absolute Gasteiger partial charge is 0.465 e. The van der Waals surface area contributed by atoms with Crippen molar-refractivity contribution >= 4 is 29.2 Å². The number of hydrogen-bond acceptors (Lipinski definition) is 7. The fourth-order valence-electron chi connectivity index (χ4n) is 2.90. The molecule has 1 aromatic heterocycles. The number of nitrogens with one attached hydrogen (secondary N) is 1.